The lowest BCUT2D eigenvalue weighted by atomic mass is 9.73. The van der Waals surface area contributed by atoms with E-state index >= 15 is 0 Å². The van der Waals surface area contributed by atoms with Crippen LogP contribution in [0.4, 0.5) is 0 Å². The Morgan fingerprint density at radius 2 is 2.00 bits per heavy atom. The second kappa shape index (κ2) is 9.63. The third-order valence-electron chi connectivity index (χ3n) is 8.75. The normalized spacial score (nSPS) is 25.4. The third-order valence-corrected chi connectivity index (χ3v) is 8.75. The highest BCUT2D eigenvalue weighted by molar-refractivity contribution is 5.95. The highest BCUT2D eigenvalue weighted by atomic mass is 16.2. The number of aromatic amines is 1. The van der Waals surface area contributed by atoms with Gasteiger partial charge in [-0.05, 0) is 105 Å². The monoisotopic (exact) mass is 472 g/mol. The van der Waals surface area contributed by atoms with Crippen LogP contribution in [-0.2, 0) is 30.5 Å². The van der Waals surface area contributed by atoms with E-state index in [1.54, 1.807) is 0 Å². The van der Waals surface area contributed by atoms with E-state index in [-0.39, 0.29) is 17.9 Å². The molecule has 2 fully saturated rings. The van der Waals surface area contributed by atoms with E-state index < -0.39 is 0 Å². The van der Waals surface area contributed by atoms with Crippen LogP contribution in [0.3, 0.4) is 0 Å². The molecule has 1 saturated heterocycles. The fourth-order valence-corrected chi connectivity index (χ4v) is 6.81. The van der Waals surface area contributed by atoms with Crippen molar-refractivity contribution in [3.05, 3.63) is 57.9 Å². The molecule has 2 N–H and O–H groups in total. The van der Waals surface area contributed by atoms with Gasteiger partial charge in [0.2, 0.25) is 5.91 Å². The van der Waals surface area contributed by atoms with Crippen molar-refractivity contribution >= 4 is 17.9 Å². The van der Waals surface area contributed by atoms with Crippen molar-refractivity contribution in [1.29, 1.82) is 0 Å². The Kier molecular flexibility index (Phi) is 6.21. The number of fused-ring (bicyclic) bond motifs is 3. The number of nitrogens with one attached hydrogen (secondary N) is 2. The van der Waals surface area contributed by atoms with E-state index in [1.165, 1.54) is 35.2 Å². The fourth-order valence-electron chi connectivity index (χ4n) is 6.81. The van der Waals surface area contributed by atoms with Crippen molar-refractivity contribution in [1.82, 2.24) is 20.4 Å². The number of aromatic nitrogens is 2. The molecule has 0 spiro atoms. The average Bonchev–Trinajstić information content (AvgIpc) is 3.30. The zero-order chi connectivity index (χ0) is 23.8. The number of carbonyl (C=O) groups excluding carboxylic acids is 2. The maximum absolute atomic E-state index is 13.3. The Hall–Kier alpha value is -2.89. The van der Waals surface area contributed by atoms with Crippen molar-refractivity contribution in [3.63, 3.8) is 0 Å². The molecule has 1 aromatic heterocycles. The standard InChI is InChI=1S/C29H36N4O2/c34-28(17-27-25-7-3-4-8-26(25)31-32-27)30-24-12-11-23-18-33(14-13-21(23)16-24)29(35)22-10-9-19-5-1-2-6-20(19)15-22/h1,5,9-10,15,21,23-24H,2-4,6-8,11-14,16-18H2,(H,30,34)(H,31,32). The Morgan fingerprint density at radius 3 is 2.94 bits per heavy atom. The van der Waals surface area contributed by atoms with Gasteiger partial charge < -0.3 is 10.2 Å². The third kappa shape index (κ3) is 4.67. The van der Waals surface area contributed by atoms with Crippen LogP contribution in [0.15, 0.2) is 24.3 Å². The molecule has 2 heterocycles. The fraction of sp³-hybridized carbons (Fsp3) is 0.552. The molecule has 3 aliphatic carbocycles. The Bertz CT molecular complexity index is 1150. The van der Waals surface area contributed by atoms with E-state index in [1.807, 2.05) is 6.07 Å². The second-order valence-electron chi connectivity index (χ2n) is 11.0. The molecule has 6 heteroatoms. The lowest BCUT2D eigenvalue weighted by molar-refractivity contribution is -0.121. The predicted octanol–water partition coefficient (Wildman–Crippen LogP) is 4.24. The number of hydrogen-bond acceptors (Lipinski definition) is 3. The van der Waals surface area contributed by atoms with Crippen LogP contribution < -0.4 is 5.32 Å². The first-order valence-corrected chi connectivity index (χ1v) is 13.6. The maximum Gasteiger partial charge on any atom is 0.253 e. The summed E-state index contributed by atoms with van der Waals surface area (Å²) in [5, 5.41) is 10.9. The van der Waals surface area contributed by atoms with Gasteiger partial charge in [-0.1, -0.05) is 18.2 Å². The molecule has 184 valence electrons. The first-order chi connectivity index (χ1) is 17.1. The number of H-pyrrole nitrogens is 1. The first-order valence-electron chi connectivity index (χ1n) is 13.6. The minimum atomic E-state index is 0.100. The molecule has 2 amide bonds. The average molecular weight is 473 g/mol. The summed E-state index contributed by atoms with van der Waals surface area (Å²) >= 11 is 0. The molecule has 3 unspecified atom stereocenters. The molecule has 4 aliphatic rings. The minimum Gasteiger partial charge on any atom is -0.353 e. The summed E-state index contributed by atoms with van der Waals surface area (Å²) in [6, 6.07) is 6.44. The number of likely N-dealkylation sites (tertiary alicyclic amines) is 1. The molecule has 0 bridgehead atoms. The number of amides is 2. The van der Waals surface area contributed by atoms with Crippen LogP contribution >= 0.6 is 0 Å². The number of carbonyl (C=O) groups is 2. The first kappa shape index (κ1) is 22.6. The van der Waals surface area contributed by atoms with Gasteiger partial charge in [0.05, 0.1) is 12.1 Å². The summed E-state index contributed by atoms with van der Waals surface area (Å²) in [7, 11) is 0. The molecule has 0 radical (unpaired) electrons. The van der Waals surface area contributed by atoms with Gasteiger partial charge in [0, 0.05) is 30.4 Å². The predicted molar refractivity (Wildman–Crippen MR) is 136 cm³/mol. The molecule has 1 aromatic carbocycles. The topological polar surface area (TPSA) is 78.1 Å². The zero-order valence-corrected chi connectivity index (χ0v) is 20.5. The number of hydrogen-bond donors (Lipinski definition) is 2. The summed E-state index contributed by atoms with van der Waals surface area (Å²) in [6.45, 7) is 1.66. The molecule has 3 atom stereocenters. The van der Waals surface area contributed by atoms with Gasteiger partial charge in [-0.25, -0.2) is 0 Å². The lowest BCUT2D eigenvalue weighted by Gasteiger charge is -2.43. The number of nitrogens with zero attached hydrogens (tertiary/aromatic N) is 2. The van der Waals surface area contributed by atoms with Gasteiger partial charge in [0.15, 0.2) is 0 Å². The van der Waals surface area contributed by atoms with Crippen LogP contribution in [0, 0.1) is 11.8 Å². The molecule has 1 saturated carbocycles. The van der Waals surface area contributed by atoms with Crippen LogP contribution in [-0.4, -0.2) is 46.0 Å². The SMILES string of the molecule is O=C(Cc1n[nH]c2c1CCCC2)NC1CCC2CN(C(=O)c3ccc4c(c3)CCC=C4)CCC2C1. The summed E-state index contributed by atoms with van der Waals surface area (Å²) in [5.41, 5.74) is 6.82. The molecule has 1 aliphatic heterocycles. The van der Waals surface area contributed by atoms with E-state index in [2.05, 4.69) is 44.7 Å². The van der Waals surface area contributed by atoms with E-state index in [0.29, 0.717) is 18.3 Å². The molecule has 35 heavy (non-hydrogen) atoms. The number of benzene rings is 1. The van der Waals surface area contributed by atoms with Gasteiger partial charge in [-0.2, -0.15) is 5.10 Å². The molecule has 6 nitrogen and oxygen atoms in total. The van der Waals surface area contributed by atoms with Gasteiger partial charge >= 0.3 is 0 Å². The van der Waals surface area contributed by atoms with Crippen molar-refractivity contribution in [3.8, 4) is 0 Å². The molecule has 2 aromatic rings. The van der Waals surface area contributed by atoms with E-state index in [4.69, 9.17) is 0 Å². The van der Waals surface area contributed by atoms with Gasteiger partial charge in [0.1, 0.15) is 0 Å². The quantitative estimate of drug-likeness (QED) is 0.699. The maximum atomic E-state index is 13.3. The summed E-state index contributed by atoms with van der Waals surface area (Å²) < 4.78 is 0. The Labute approximate surface area is 207 Å². The van der Waals surface area contributed by atoms with Crippen LogP contribution in [0.2, 0.25) is 0 Å². The van der Waals surface area contributed by atoms with Gasteiger partial charge in [-0.3, -0.25) is 14.7 Å². The van der Waals surface area contributed by atoms with Crippen LogP contribution in [0.25, 0.3) is 6.08 Å². The number of piperidine rings is 1. The van der Waals surface area contributed by atoms with Crippen LogP contribution in [0.5, 0.6) is 0 Å². The number of rotatable bonds is 4. The smallest absolute Gasteiger partial charge is 0.253 e. The zero-order valence-electron chi connectivity index (χ0n) is 20.5. The second-order valence-corrected chi connectivity index (χ2v) is 11.0. The summed E-state index contributed by atoms with van der Waals surface area (Å²) in [5.74, 6) is 1.41. The number of aryl methyl sites for hydroxylation is 2. The Morgan fingerprint density at radius 1 is 1.09 bits per heavy atom. The number of allylic oxidation sites excluding steroid dienone is 1. The Balaban J connectivity index is 1.02. The van der Waals surface area contributed by atoms with E-state index in [0.717, 1.165) is 75.7 Å². The molecular formula is C29H36N4O2. The van der Waals surface area contributed by atoms with Crippen LogP contribution in [0.1, 0.15) is 83.4 Å². The molecular weight excluding hydrogens is 436 g/mol. The van der Waals surface area contributed by atoms with Crippen molar-refractivity contribution < 1.29 is 9.59 Å². The van der Waals surface area contributed by atoms with Crippen molar-refractivity contribution in [2.75, 3.05) is 13.1 Å². The van der Waals surface area contributed by atoms with Crippen molar-refractivity contribution in [2.24, 2.45) is 11.8 Å². The van der Waals surface area contributed by atoms with Crippen molar-refractivity contribution in [2.45, 2.75) is 76.7 Å². The van der Waals surface area contributed by atoms with Gasteiger partial charge in [-0.15, -0.1) is 0 Å². The summed E-state index contributed by atoms with van der Waals surface area (Å²) in [4.78, 5) is 28.1. The summed E-state index contributed by atoms with van der Waals surface area (Å²) in [6.07, 6.45) is 15.5. The lowest BCUT2D eigenvalue weighted by Crippen LogP contribution is -2.49. The minimum absolute atomic E-state index is 0.100. The highest BCUT2D eigenvalue weighted by Crippen LogP contribution is 2.37. The highest BCUT2D eigenvalue weighted by Gasteiger charge is 2.37. The van der Waals surface area contributed by atoms with Gasteiger partial charge in [0.25, 0.3) is 5.91 Å². The molecule has 6 rings (SSSR count). The largest absolute Gasteiger partial charge is 0.353 e. The van der Waals surface area contributed by atoms with E-state index in [9.17, 15) is 9.59 Å².